The zero-order valence-electron chi connectivity index (χ0n) is 13.3. The number of fused-ring (bicyclic) bond motifs is 1. The van der Waals surface area contributed by atoms with Gasteiger partial charge in [0.1, 0.15) is 4.64 Å². The summed E-state index contributed by atoms with van der Waals surface area (Å²) in [4.78, 5) is 15.0. The summed E-state index contributed by atoms with van der Waals surface area (Å²) in [5.74, 6) is 1.41. The van der Waals surface area contributed by atoms with E-state index in [1.165, 1.54) is 0 Å². The van der Waals surface area contributed by atoms with Crippen LogP contribution < -0.4 is 15.2 Å². The van der Waals surface area contributed by atoms with E-state index >= 15 is 0 Å². The van der Waals surface area contributed by atoms with E-state index in [4.69, 9.17) is 21.7 Å². The minimum absolute atomic E-state index is 0.115. The molecule has 0 spiro atoms. The molecule has 122 valence electrons. The molecule has 1 heterocycles. The molecule has 0 aliphatic heterocycles. The highest BCUT2D eigenvalue weighted by Crippen LogP contribution is 2.28. The van der Waals surface area contributed by atoms with Crippen molar-refractivity contribution >= 4 is 12.2 Å². The molecule has 6 heteroatoms. The van der Waals surface area contributed by atoms with Crippen LogP contribution in [-0.4, -0.2) is 23.8 Å². The Balaban J connectivity index is 1.86. The number of H-pyrrole nitrogens is 1. The lowest BCUT2D eigenvalue weighted by Gasteiger charge is -2.13. The molecule has 0 atom stereocenters. The molecule has 0 unspecified atom stereocenters. The van der Waals surface area contributed by atoms with Gasteiger partial charge in [-0.05, 0) is 43.4 Å². The smallest absolute Gasteiger partial charge is 0.326 e. The van der Waals surface area contributed by atoms with E-state index < -0.39 is 0 Å². The molecule has 0 fully saturated rings. The van der Waals surface area contributed by atoms with Crippen LogP contribution in [-0.2, 0) is 25.8 Å². The SMILES string of the molecule is COc1ccc(CCn2c3c(c(=S)[nH]c2=O)CCC3)cc1OC. The third-order valence-electron chi connectivity index (χ3n) is 4.33. The summed E-state index contributed by atoms with van der Waals surface area (Å²) in [6, 6.07) is 5.84. The summed E-state index contributed by atoms with van der Waals surface area (Å²) in [6.07, 6.45) is 3.69. The average Bonchev–Trinajstić information content (AvgIpc) is 3.04. The predicted molar refractivity (Wildman–Crippen MR) is 91.2 cm³/mol. The molecule has 0 bridgehead atoms. The van der Waals surface area contributed by atoms with E-state index in [0.29, 0.717) is 22.7 Å². The molecule has 2 aromatic rings. The Hall–Kier alpha value is -2.08. The van der Waals surface area contributed by atoms with Crippen molar-refractivity contribution in [1.82, 2.24) is 9.55 Å². The number of ether oxygens (including phenoxy) is 2. The highest BCUT2D eigenvalue weighted by atomic mass is 32.1. The van der Waals surface area contributed by atoms with Gasteiger partial charge in [-0.1, -0.05) is 18.3 Å². The van der Waals surface area contributed by atoms with Gasteiger partial charge in [-0.2, -0.15) is 0 Å². The van der Waals surface area contributed by atoms with Crippen LogP contribution in [0.2, 0.25) is 0 Å². The first kappa shape index (κ1) is 15.8. The fourth-order valence-electron chi connectivity index (χ4n) is 3.15. The molecule has 0 amide bonds. The molecule has 1 aliphatic rings. The van der Waals surface area contributed by atoms with Crippen LogP contribution in [0.3, 0.4) is 0 Å². The van der Waals surface area contributed by atoms with Gasteiger partial charge in [-0.25, -0.2) is 4.79 Å². The topological polar surface area (TPSA) is 56.2 Å². The average molecular weight is 332 g/mol. The second-order valence-electron chi connectivity index (χ2n) is 5.63. The molecule has 3 rings (SSSR count). The van der Waals surface area contributed by atoms with Crippen LogP contribution in [0.25, 0.3) is 0 Å². The maximum Gasteiger partial charge on any atom is 0.326 e. The zero-order valence-corrected chi connectivity index (χ0v) is 14.2. The number of aromatic amines is 1. The number of rotatable bonds is 5. The fraction of sp³-hybridized carbons (Fsp3) is 0.412. The Morgan fingerprint density at radius 2 is 2.00 bits per heavy atom. The number of hydrogen-bond acceptors (Lipinski definition) is 4. The molecule has 0 radical (unpaired) electrons. The number of nitrogens with one attached hydrogen (secondary N) is 1. The van der Waals surface area contributed by atoms with E-state index in [1.54, 1.807) is 14.2 Å². The van der Waals surface area contributed by atoms with Crippen LogP contribution in [0, 0.1) is 4.64 Å². The summed E-state index contributed by atoms with van der Waals surface area (Å²) >= 11 is 5.26. The van der Waals surface area contributed by atoms with E-state index in [-0.39, 0.29) is 5.69 Å². The van der Waals surface area contributed by atoms with Crippen molar-refractivity contribution in [3.63, 3.8) is 0 Å². The molecule has 1 aromatic carbocycles. The van der Waals surface area contributed by atoms with Crippen LogP contribution in [0.5, 0.6) is 11.5 Å². The van der Waals surface area contributed by atoms with Gasteiger partial charge in [0.25, 0.3) is 0 Å². The molecular weight excluding hydrogens is 312 g/mol. The van der Waals surface area contributed by atoms with Gasteiger partial charge in [-0.3, -0.25) is 9.55 Å². The number of aryl methyl sites for hydroxylation is 1. The number of hydrogen-bond donors (Lipinski definition) is 1. The Morgan fingerprint density at radius 1 is 1.22 bits per heavy atom. The number of nitrogens with zero attached hydrogens (tertiary/aromatic N) is 1. The van der Waals surface area contributed by atoms with E-state index in [9.17, 15) is 4.79 Å². The standard InChI is InChI=1S/C17H20N2O3S/c1-21-14-7-6-11(10-15(14)22-2)8-9-19-13-5-3-4-12(13)16(23)18-17(19)20/h6-7,10H,3-5,8-9H2,1-2H3,(H,18,20,23). The Bertz CT molecular complexity index is 839. The number of benzene rings is 1. The minimum Gasteiger partial charge on any atom is -0.493 e. The van der Waals surface area contributed by atoms with E-state index in [0.717, 1.165) is 42.5 Å². The van der Waals surface area contributed by atoms with Gasteiger partial charge in [0.15, 0.2) is 11.5 Å². The Morgan fingerprint density at radius 3 is 2.74 bits per heavy atom. The first-order valence-electron chi connectivity index (χ1n) is 7.70. The van der Waals surface area contributed by atoms with Crippen molar-refractivity contribution in [1.29, 1.82) is 0 Å². The molecule has 1 N–H and O–H groups in total. The fourth-order valence-corrected chi connectivity index (χ4v) is 3.45. The third-order valence-corrected chi connectivity index (χ3v) is 4.67. The quantitative estimate of drug-likeness (QED) is 0.855. The molecule has 1 aromatic heterocycles. The van der Waals surface area contributed by atoms with Crippen molar-refractivity contribution in [3.05, 3.63) is 50.1 Å². The van der Waals surface area contributed by atoms with Gasteiger partial charge in [-0.15, -0.1) is 0 Å². The molecule has 23 heavy (non-hydrogen) atoms. The monoisotopic (exact) mass is 332 g/mol. The molecule has 0 saturated heterocycles. The molecule has 0 saturated carbocycles. The normalized spacial score (nSPS) is 13.0. The van der Waals surface area contributed by atoms with Crippen molar-refractivity contribution in [2.45, 2.75) is 32.2 Å². The summed E-state index contributed by atoms with van der Waals surface area (Å²) in [5, 5.41) is 0. The highest BCUT2D eigenvalue weighted by molar-refractivity contribution is 7.71. The first-order chi connectivity index (χ1) is 11.1. The first-order valence-corrected chi connectivity index (χ1v) is 8.10. The van der Waals surface area contributed by atoms with Crippen LogP contribution in [0.15, 0.2) is 23.0 Å². The molecule has 1 aliphatic carbocycles. The van der Waals surface area contributed by atoms with Gasteiger partial charge < -0.3 is 9.47 Å². The van der Waals surface area contributed by atoms with E-state index in [2.05, 4.69) is 4.98 Å². The minimum atomic E-state index is -0.115. The lowest BCUT2D eigenvalue weighted by molar-refractivity contribution is 0.354. The highest BCUT2D eigenvalue weighted by Gasteiger charge is 2.18. The van der Waals surface area contributed by atoms with Gasteiger partial charge in [0.2, 0.25) is 0 Å². The molecule has 5 nitrogen and oxygen atoms in total. The molecular formula is C17H20N2O3S. The number of methoxy groups -OCH3 is 2. The summed E-state index contributed by atoms with van der Waals surface area (Å²) in [6.45, 7) is 0.628. The lowest BCUT2D eigenvalue weighted by atomic mass is 10.1. The maximum atomic E-state index is 12.2. The van der Waals surface area contributed by atoms with Gasteiger partial charge in [0, 0.05) is 17.8 Å². The van der Waals surface area contributed by atoms with Crippen LogP contribution in [0.1, 0.15) is 23.2 Å². The zero-order chi connectivity index (χ0) is 16.4. The van der Waals surface area contributed by atoms with Gasteiger partial charge in [0.05, 0.1) is 14.2 Å². The lowest BCUT2D eigenvalue weighted by Crippen LogP contribution is -2.27. The van der Waals surface area contributed by atoms with Crippen LogP contribution in [0.4, 0.5) is 0 Å². The largest absolute Gasteiger partial charge is 0.493 e. The maximum absolute atomic E-state index is 12.2. The third kappa shape index (κ3) is 3.03. The summed E-state index contributed by atoms with van der Waals surface area (Å²) in [7, 11) is 3.24. The second kappa shape index (κ2) is 6.58. The van der Waals surface area contributed by atoms with Crippen molar-refractivity contribution in [2.75, 3.05) is 14.2 Å². The number of aromatic nitrogens is 2. The van der Waals surface area contributed by atoms with Gasteiger partial charge >= 0.3 is 5.69 Å². The van der Waals surface area contributed by atoms with Crippen LogP contribution >= 0.6 is 12.2 Å². The van der Waals surface area contributed by atoms with Crippen molar-refractivity contribution in [2.24, 2.45) is 0 Å². The summed E-state index contributed by atoms with van der Waals surface area (Å²) < 4.78 is 13.0. The van der Waals surface area contributed by atoms with Crippen molar-refractivity contribution in [3.8, 4) is 11.5 Å². The predicted octanol–water partition coefficient (Wildman–Crippen LogP) is 2.65. The Kier molecular flexibility index (Phi) is 4.52. The van der Waals surface area contributed by atoms with Crippen molar-refractivity contribution < 1.29 is 9.47 Å². The second-order valence-corrected chi connectivity index (χ2v) is 6.04. The van der Waals surface area contributed by atoms with E-state index in [1.807, 2.05) is 22.8 Å². The Labute approximate surface area is 139 Å². The summed E-state index contributed by atoms with van der Waals surface area (Å²) in [5.41, 5.74) is 3.21.